The Labute approximate surface area is 76.2 Å². The van der Waals surface area contributed by atoms with Crippen molar-refractivity contribution >= 4 is 5.91 Å². The molecule has 1 amide bonds. The average molecular weight is 178 g/mol. The Bertz CT molecular complexity index is 311. The third-order valence-electron chi connectivity index (χ3n) is 1.40. The van der Waals surface area contributed by atoms with Gasteiger partial charge in [0.25, 0.3) is 0 Å². The first-order valence-corrected chi connectivity index (χ1v) is 3.80. The standard InChI is InChI=1S/C8H10N4O/c1-3-7(2)11-8(13)4-12-6-9-5-10-12/h1,5-7H,4H2,2H3,(H,11,13). The molecule has 0 aromatic carbocycles. The van der Waals surface area contributed by atoms with E-state index in [0.29, 0.717) is 0 Å². The molecule has 0 aliphatic rings. The summed E-state index contributed by atoms with van der Waals surface area (Å²) in [5.74, 6) is 2.23. The number of hydrogen-bond donors (Lipinski definition) is 1. The fourth-order valence-corrected chi connectivity index (χ4v) is 0.790. The van der Waals surface area contributed by atoms with Crippen LogP contribution in [0.25, 0.3) is 0 Å². The third kappa shape index (κ3) is 2.95. The first-order valence-electron chi connectivity index (χ1n) is 3.80. The smallest absolute Gasteiger partial charge is 0.242 e. The summed E-state index contributed by atoms with van der Waals surface area (Å²) >= 11 is 0. The zero-order chi connectivity index (χ0) is 9.68. The molecule has 0 saturated heterocycles. The van der Waals surface area contributed by atoms with Crippen LogP contribution in [0.1, 0.15) is 6.92 Å². The molecule has 1 atom stereocenters. The van der Waals surface area contributed by atoms with Gasteiger partial charge in [0.15, 0.2) is 0 Å². The van der Waals surface area contributed by atoms with Crippen molar-refractivity contribution in [3.8, 4) is 12.3 Å². The van der Waals surface area contributed by atoms with Crippen LogP contribution in [0.2, 0.25) is 0 Å². The van der Waals surface area contributed by atoms with Crippen LogP contribution in [-0.2, 0) is 11.3 Å². The monoisotopic (exact) mass is 178 g/mol. The summed E-state index contributed by atoms with van der Waals surface area (Å²) in [6, 6.07) is -0.254. The first kappa shape index (κ1) is 9.26. The predicted octanol–water partition coefficient (Wildman–Crippen LogP) is -0.584. The summed E-state index contributed by atoms with van der Waals surface area (Å²) < 4.78 is 1.43. The van der Waals surface area contributed by atoms with Crippen molar-refractivity contribution in [2.45, 2.75) is 19.5 Å². The van der Waals surface area contributed by atoms with Crippen LogP contribution in [0.15, 0.2) is 12.7 Å². The number of carbonyl (C=O) groups is 1. The topological polar surface area (TPSA) is 59.8 Å². The highest BCUT2D eigenvalue weighted by Gasteiger charge is 2.04. The minimum absolute atomic E-state index is 0.145. The Morgan fingerprint density at radius 1 is 1.85 bits per heavy atom. The van der Waals surface area contributed by atoms with E-state index in [1.807, 2.05) is 0 Å². The van der Waals surface area contributed by atoms with Gasteiger partial charge in [0, 0.05) is 0 Å². The van der Waals surface area contributed by atoms with Gasteiger partial charge in [-0.1, -0.05) is 5.92 Å². The molecule has 0 radical (unpaired) electrons. The van der Waals surface area contributed by atoms with Crippen LogP contribution in [0.3, 0.4) is 0 Å². The van der Waals surface area contributed by atoms with Crippen molar-refractivity contribution in [1.82, 2.24) is 20.1 Å². The molecule has 0 fully saturated rings. The Morgan fingerprint density at radius 3 is 3.15 bits per heavy atom. The van der Waals surface area contributed by atoms with Gasteiger partial charge in [0.1, 0.15) is 19.2 Å². The molecule has 0 spiro atoms. The van der Waals surface area contributed by atoms with Gasteiger partial charge in [0.05, 0.1) is 6.04 Å². The second kappa shape index (κ2) is 4.26. The van der Waals surface area contributed by atoms with Crippen molar-refractivity contribution in [2.24, 2.45) is 0 Å². The highest BCUT2D eigenvalue weighted by molar-refractivity contribution is 5.76. The van der Waals surface area contributed by atoms with Gasteiger partial charge in [-0.3, -0.25) is 4.79 Å². The van der Waals surface area contributed by atoms with Crippen LogP contribution in [0.4, 0.5) is 0 Å². The second-order valence-electron chi connectivity index (χ2n) is 2.55. The Balaban J connectivity index is 2.39. The number of nitrogens with one attached hydrogen (secondary N) is 1. The van der Waals surface area contributed by atoms with Crippen LogP contribution < -0.4 is 5.32 Å². The minimum Gasteiger partial charge on any atom is -0.341 e. The minimum atomic E-state index is -0.254. The first-order chi connectivity index (χ1) is 6.22. The van der Waals surface area contributed by atoms with E-state index in [9.17, 15) is 4.79 Å². The number of terminal acetylenes is 1. The summed E-state index contributed by atoms with van der Waals surface area (Å²) in [5.41, 5.74) is 0. The van der Waals surface area contributed by atoms with E-state index in [0.717, 1.165) is 0 Å². The zero-order valence-electron chi connectivity index (χ0n) is 7.27. The van der Waals surface area contributed by atoms with E-state index < -0.39 is 0 Å². The van der Waals surface area contributed by atoms with Crippen LogP contribution in [0.5, 0.6) is 0 Å². The van der Waals surface area contributed by atoms with Gasteiger partial charge < -0.3 is 5.32 Å². The SMILES string of the molecule is C#CC(C)NC(=O)Cn1cncn1. The molecule has 1 aromatic heterocycles. The molecule has 0 bridgehead atoms. The molecule has 0 aliphatic carbocycles. The molecule has 1 rings (SSSR count). The summed E-state index contributed by atoms with van der Waals surface area (Å²) in [6.07, 6.45) is 7.94. The van der Waals surface area contributed by atoms with E-state index >= 15 is 0 Å². The molecule has 1 unspecified atom stereocenters. The van der Waals surface area contributed by atoms with Crippen molar-refractivity contribution in [1.29, 1.82) is 0 Å². The fourth-order valence-electron chi connectivity index (χ4n) is 0.790. The van der Waals surface area contributed by atoms with Crippen molar-refractivity contribution in [2.75, 3.05) is 0 Å². The lowest BCUT2D eigenvalue weighted by molar-refractivity contribution is -0.122. The van der Waals surface area contributed by atoms with Gasteiger partial charge >= 0.3 is 0 Å². The Kier molecular flexibility index (Phi) is 3.03. The zero-order valence-corrected chi connectivity index (χ0v) is 7.27. The number of carbonyl (C=O) groups excluding carboxylic acids is 1. The quantitative estimate of drug-likeness (QED) is 0.630. The lowest BCUT2D eigenvalue weighted by Gasteiger charge is -2.06. The fraction of sp³-hybridized carbons (Fsp3) is 0.375. The predicted molar refractivity (Wildman–Crippen MR) is 46.5 cm³/mol. The number of hydrogen-bond acceptors (Lipinski definition) is 3. The molecular formula is C8H10N4O. The molecule has 0 saturated carbocycles. The maximum Gasteiger partial charge on any atom is 0.242 e. The van der Waals surface area contributed by atoms with Gasteiger partial charge in [0.2, 0.25) is 5.91 Å². The Hall–Kier alpha value is -1.83. The number of amides is 1. The van der Waals surface area contributed by atoms with Gasteiger partial charge in [-0.05, 0) is 6.92 Å². The Morgan fingerprint density at radius 2 is 2.62 bits per heavy atom. The molecule has 5 heteroatoms. The van der Waals surface area contributed by atoms with Gasteiger partial charge in [-0.25, -0.2) is 9.67 Å². The van der Waals surface area contributed by atoms with Crippen LogP contribution >= 0.6 is 0 Å². The molecule has 1 heterocycles. The highest BCUT2D eigenvalue weighted by Crippen LogP contribution is 1.82. The van der Waals surface area contributed by atoms with Crippen molar-refractivity contribution in [3.05, 3.63) is 12.7 Å². The largest absolute Gasteiger partial charge is 0.341 e. The van der Waals surface area contributed by atoms with Gasteiger partial charge in [-0.15, -0.1) is 6.42 Å². The van der Waals surface area contributed by atoms with Crippen LogP contribution in [0, 0.1) is 12.3 Å². The lowest BCUT2D eigenvalue weighted by atomic mass is 10.3. The maximum atomic E-state index is 11.2. The van der Waals surface area contributed by atoms with E-state index in [-0.39, 0.29) is 18.5 Å². The normalized spacial score (nSPS) is 11.7. The molecule has 1 aromatic rings. The molecule has 1 N–H and O–H groups in total. The lowest BCUT2D eigenvalue weighted by Crippen LogP contribution is -2.34. The average Bonchev–Trinajstić information content (AvgIpc) is 2.56. The maximum absolute atomic E-state index is 11.2. The number of aromatic nitrogens is 3. The van der Waals surface area contributed by atoms with Gasteiger partial charge in [-0.2, -0.15) is 5.10 Å². The number of rotatable bonds is 3. The second-order valence-corrected chi connectivity index (χ2v) is 2.55. The third-order valence-corrected chi connectivity index (χ3v) is 1.40. The summed E-state index contributed by atoms with van der Waals surface area (Å²) in [7, 11) is 0. The number of nitrogens with zero attached hydrogens (tertiary/aromatic N) is 3. The molecule has 68 valence electrons. The molecule has 5 nitrogen and oxygen atoms in total. The molecule has 13 heavy (non-hydrogen) atoms. The van der Waals surface area contributed by atoms with Crippen molar-refractivity contribution < 1.29 is 4.79 Å². The van der Waals surface area contributed by atoms with E-state index in [2.05, 4.69) is 21.3 Å². The van der Waals surface area contributed by atoms with E-state index in [1.165, 1.54) is 17.3 Å². The summed E-state index contributed by atoms with van der Waals surface area (Å²) in [5, 5.41) is 6.39. The molecule has 0 aliphatic heterocycles. The summed E-state index contributed by atoms with van der Waals surface area (Å²) in [6.45, 7) is 1.88. The summed E-state index contributed by atoms with van der Waals surface area (Å²) in [4.78, 5) is 14.9. The molecular weight excluding hydrogens is 168 g/mol. The van der Waals surface area contributed by atoms with Crippen molar-refractivity contribution in [3.63, 3.8) is 0 Å². The van der Waals surface area contributed by atoms with E-state index in [4.69, 9.17) is 6.42 Å². The van der Waals surface area contributed by atoms with Crippen LogP contribution in [-0.4, -0.2) is 26.7 Å². The van der Waals surface area contributed by atoms with E-state index in [1.54, 1.807) is 6.92 Å². The highest BCUT2D eigenvalue weighted by atomic mass is 16.2.